The second kappa shape index (κ2) is 7.04. The number of nitrogens with zero attached hydrogens (tertiary/aromatic N) is 1. The van der Waals surface area contributed by atoms with Crippen LogP contribution in [0.4, 0.5) is 0 Å². The summed E-state index contributed by atoms with van der Waals surface area (Å²) in [4.78, 5) is 10.7. The molecule has 0 aliphatic heterocycles. The summed E-state index contributed by atoms with van der Waals surface area (Å²) in [6.07, 6.45) is 5.33. The summed E-state index contributed by atoms with van der Waals surface area (Å²) in [6, 6.07) is 18.4. The lowest BCUT2D eigenvalue weighted by Crippen LogP contribution is -2.11. The number of benzene rings is 2. The van der Waals surface area contributed by atoms with Crippen molar-refractivity contribution in [2.75, 3.05) is 0 Å². The van der Waals surface area contributed by atoms with Gasteiger partial charge in [-0.05, 0) is 22.8 Å². The fourth-order valence-electron chi connectivity index (χ4n) is 1.84. The van der Waals surface area contributed by atoms with Gasteiger partial charge in [0, 0.05) is 13.1 Å². The van der Waals surface area contributed by atoms with Gasteiger partial charge in [-0.25, -0.2) is 5.43 Å². The molecule has 0 saturated carbocycles. The number of nitrogens with one attached hydrogen (secondary N) is 1. The molecule has 2 aromatic rings. The van der Waals surface area contributed by atoms with Gasteiger partial charge < -0.3 is 0 Å². The van der Waals surface area contributed by atoms with E-state index in [1.54, 1.807) is 12.3 Å². The Balaban J connectivity index is 2.19. The monoisotopic (exact) mass is 264 g/mol. The average Bonchev–Trinajstić information content (AvgIpc) is 2.48. The third kappa shape index (κ3) is 3.92. The quantitative estimate of drug-likeness (QED) is 0.666. The topological polar surface area (TPSA) is 41.5 Å². The summed E-state index contributed by atoms with van der Waals surface area (Å²) < 4.78 is 0. The van der Waals surface area contributed by atoms with Crippen molar-refractivity contribution in [2.45, 2.75) is 6.92 Å². The van der Waals surface area contributed by atoms with Crippen LogP contribution in [0.2, 0.25) is 0 Å². The van der Waals surface area contributed by atoms with Crippen LogP contribution in [-0.2, 0) is 4.79 Å². The molecule has 20 heavy (non-hydrogen) atoms. The second-order valence-corrected chi connectivity index (χ2v) is 4.26. The predicted molar refractivity (Wildman–Crippen MR) is 83.2 cm³/mol. The molecule has 0 unspecified atom stereocenters. The molecular formula is C17H16N2O. The van der Waals surface area contributed by atoms with Crippen LogP contribution in [0.15, 0.2) is 65.8 Å². The highest BCUT2D eigenvalue weighted by atomic mass is 16.2. The van der Waals surface area contributed by atoms with Crippen molar-refractivity contribution in [3.8, 4) is 11.1 Å². The number of hydrogen-bond acceptors (Lipinski definition) is 2. The minimum Gasteiger partial charge on any atom is -0.274 e. The van der Waals surface area contributed by atoms with Crippen molar-refractivity contribution in [1.82, 2.24) is 5.43 Å². The third-order valence-corrected chi connectivity index (χ3v) is 2.70. The van der Waals surface area contributed by atoms with Crippen molar-refractivity contribution in [2.24, 2.45) is 5.10 Å². The molecule has 2 aromatic carbocycles. The van der Waals surface area contributed by atoms with E-state index in [0.29, 0.717) is 0 Å². The van der Waals surface area contributed by atoms with E-state index in [1.807, 2.05) is 42.5 Å². The fourth-order valence-corrected chi connectivity index (χ4v) is 1.84. The van der Waals surface area contributed by atoms with Gasteiger partial charge in [-0.2, -0.15) is 5.10 Å². The van der Waals surface area contributed by atoms with E-state index in [4.69, 9.17) is 0 Å². The lowest BCUT2D eigenvalue weighted by atomic mass is 9.99. The van der Waals surface area contributed by atoms with Gasteiger partial charge in [0.15, 0.2) is 0 Å². The Bertz CT molecular complexity index is 630. The van der Waals surface area contributed by atoms with Crippen molar-refractivity contribution in [3.63, 3.8) is 0 Å². The maximum Gasteiger partial charge on any atom is 0.236 e. The van der Waals surface area contributed by atoms with E-state index in [2.05, 4.69) is 28.7 Å². The molecule has 0 atom stereocenters. The van der Waals surface area contributed by atoms with Gasteiger partial charge in [-0.15, -0.1) is 0 Å². The van der Waals surface area contributed by atoms with Gasteiger partial charge in [-0.3, -0.25) is 4.79 Å². The number of amides is 1. The molecule has 0 radical (unpaired) electrons. The van der Waals surface area contributed by atoms with Gasteiger partial charge in [0.05, 0.1) is 0 Å². The van der Waals surface area contributed by atoms with Gasteiger partial charge in [0.25, 0.3) is 0 Å². The first kappa shape index (κ1) is 13.7. The highest BCUT2D eigenvalue weighted by Crippen LogP contribution is 2.24. The van der Waals surface area contributed by atoms with E-state index in [-0.39, 0.29) is 5.91 Å². The number of allylic oxidation sites excluding steroid dienone is 1. The molecule has 0 heterocycles. The Kier molecular flexibility index (Phi) is 4.84. The zero-order valence-corrected chi connectivity index (χ0v) is 11.3. The molecule has 0 aromatic heterocycles. The van der Waals surface area contributed by atoms with Crippen LogP contribution in [0, 0.1) is 0 Å². The fraction of sp³-hybridized carbons (Fsp3) is 0.0588. The minimum absolute atomic E-state index is 0.181. The van der Waals surface area contributed by atoms with Crippen LogP contribution < -0.4 is 5.43 Å². The Morgan fingerprint density at radius 1 is 1.05 bits per heavy atom. The number of carbonyl (C=O) groups is 1. The molecule has 1 N–H and O–H groups in total. The largest absolute Gasteiger partial charge is 0.274 e. The van der Waals surface area contributed by atoms with Gasteiger partial charge in [0.1, 0.15) is 0 Å². The van der Waals surface area contributed by atoms with Crippen molar-refractivity contribution < 1.29 is 4.79 Å². The first-order chi connectivity index (χ1) is 9.77. The predicted octanol–water partition coefficient (Wildman–Crippen LogP) is 3.49. The van der Waals surface area contributed by atoms with E-state index in [0.717, 1.165) is 11.1 Å². The second-order valence-electron chi connectivity index (χ2n) is 4.26. The summed E-state index contributed by atoms with van der Waals surface area (Å²) in [5.41, 5.74) is 5.80. The summed E-state index contributed by atoms with van der Waals surface area (Å²) >= 11 is 0. The van der Waals surface area contributed by atoms with Crippen molar-refractivity contribution >= 4 is 18.2 Å². The van der Waals surface area contributed by atoms with E-state index in [1.165, 1.54) is 12.5 Å². The van der Waals surface area contributed by atoms with Crippen LogP contribution >= 0.6 is 0 Å². The van der Waals surface area contributed by atoms with Crippen molar-refractivity contribution in [1.29, 1.82) is 0 Å². The SMILES string of the molecule is CC(=O)NN=C/C=C/c1ccccc1-c1ccccc1. The third-order valence-electron chi connectivity index (χ3n) is 2.70. The molecule has 1 amide bonds. The number of hydrogen-bond donors (Lipinski definition) is 1. The zero-order valence-electron chi connectivity index (χ0n) is 11.3. The van der Waals surface area contributed by atoms with Crippen molar-refractivity contribution in [3.05, 3.63) is 66.2 Å². The summed E-state index contributed by atoms with van der Waals surface area (Å²) in [5.74, 6) is -0.181. The molecule has 2 rings (SSSR count). The Morgan fingerprint density at radius 2 is 1.75 bits per heavy atom. The van der Waals surface area contributed by atoms with Crippen LogP contribution in [0.25, 0.3) is 17.2 Å². The first-order valence-corrected chi connectivity index (χ1v) is 6.38. The highest BCUT2D eigenvalue weighted by Gasteiger charge is 2.00. The molecule has 0 saturated heterocycles. The van der Waals surface area contributed by atoms with Gasteiger partial charge in [0.2, 0.25) is 5.91 Å². The maximum absolute atomic E-state index is 10.7. The first-order valence-electron chi connectivity index (χ1n) is 6.38. The van der Waals surface area contributed by atoms with Crippen LogP contribution in [0.3, 0.4) is 0 Å². The lowest BCUT2D eigenvalue weighted by Gasteiger charge is -2.05. The molecular weight excluding hydrogens is 248 g/mol. The molecule has 100 valence electrons. The highest BCUT2D eigenvalue weighted by molar-refractivity contribution is 5.84. The average molecular weight is 264 g/mol. The number of rotatable bonds is 4. The zero-order chi connectivity index (χ0) is 14.2. The molecule has 3 heteroatoms. The number of carbonyl (C=O) groups excluding carboxylic acids is 1. The summed E-state index contributed by atoms with van der Waals surface area (Å²) in [6.45, 7) is 1.42. The number of hydrazone groups is 1. The maximum atomic E-state index is 10.7. The summed E-state index contributed by atoms with van der Waals surface area (Å²) in [7, 11) is 0. The summed E-state index contributed by atoms with van der Waals surface area (Å²) in [5, 5.41) is 3.78. The Hall–Kier alpha value is -2.68. The normalized spacial score (nSPS) is 11.1. The molecule has 0 aliphatic carbocycles. The van der Waals surface area contributed by atoms with Crippen LogP contribution in [-0.4, -0.2) is 12.1 Å². The molecule has 0 fully saturated rings. The van der Waals surface area contributed by atoms with Gasteiger partial charge >= 0.3 is 0 Å². The van der Waals surface area contributed by atoms with E-state index >= 15 is 0 Å². The smallest absolute Gasteiger partial charge is 0.236 e. The van der Waals surface area contributed by atoms with E-state index < -0.39 is 0 Å². The van der Waals surface area contributed by atoms with Crippen LogP contribution in [0.1, 0.15) is 12.5 Å². The van der Waals surface area contributed by atoms with Gasteiger partial charge in [-0.1, -0.05) is 60.7 Å². The molecule has 0 spiro atoms. The Morgan fingerprint density at radius 3 is 2.50 bits per heavy atom. The molecule has 0 bridgehead atoms. The minimum atomic E-state index is -0.181. The molecule has 0 aliphatic rings. The van der Waals surface area contributed by atoms with Crippen LogP contribution in [0.5, 0.6) is 0 Å². The molecule has 3 nitrogen and oxygen atoms in total. The standard InChI is InChI=1S/C17H16N2O/c1-14(20)19-18-13-7-11-16-10-5-6-12-17(16)15-8-3-2-4-9-15/h2-13H,1H3,(H,19,20)/b11-7+,18-13?. The van der Waals surface area contributed by atoms with E-state index in [9.17, 15) is 4.79 Å². The Labute approximate surface area is 118 Å². The lowest BCUT2D eigenvalue weighted by molar-refractivity contribution is -0.118.